The lowest BCUT2D eigenvalue weighted by Gasteiger charge is -2.21. The molecule has 26 heavy (non-hydrogen) atoms. The fourth-order valence-electron chi connectivity index (χ4n) is 2.75. The van der Waals surface area contributed by atoms with Crippen LogP contribution in [0.15, 0.2) is 36.4 Å². The second kappa shape index (κ2) is 7.47. The fourth-order valence-corrected chi connectivity index (χ4v) is 3.31. The minimum Gasteiger partial charge on any atom is -0.493 e. The van der Waals surface area contributed by atoms with Crippen LogP contribution in [0.25, 0.3) is 0 Å². The van der Waals surface area contributed by atoms with Gasteiger partial charge in [-0.05, 0) is 42.0 Å². The Morgan fingerprint density at radius 1 is 1.15 bits per heavy atom. The minimum absolute atomic E-state index is 0.112. The summed E-state index contributed by atoms with van der Waals surface area (Å²) in [4.78, 5) is 15.7. The monoisotopic (exact) mass is 394 g/mol. The summed E-state index contributed by atoms with van der Waals surface area (Å²) in [6.45, 7) is 0.425. The third kappa shape index (κ3) is 3.45. The predicted octanol–water partition coefficient (Wildman–Crippen LogP) is 3.63. The van der Waals surface area contributed by atoms with Crippen molar-refractivity contribution in [2.45, 2.75) is 6.54 Å². The van der Waals surface area contributed by atoms with Crippen molar-refractivity contribution in [2.75, 3.05) is 25.7 Å². The van der Waals surface area contributed by atoms with E-state index in [1.54, 1.807) is 29.2 Å². The van der Waals surface area contributed by atoms with E-state index in [1.165, 1.54) is 31.3 Å². The molecule has 1 fully saturated rings. The number of benzene rings is 2. The Morgan fingerprint density at radius 3 is 2.54 bits per heavy atom. The third-order valence-electron chi connectivity index (χ3n) is 4.04. The second-order valence-corrected chi connectivity index (χ2v) is 6.42. The van der Waals surface area contributed by atoms with Gasteiger partial charge < -0.3 is 14.4 Å². The Morgan fingerprint density at radius 2 is 1.88 bits per heavy atom. The van der Waals surface area contributed by atoms with Crippen molar-refractivity contribution in [1.82, 2.24) is 4.90 Å². The summed E-state index contributed by atoms with van der Waals surface area (Å²) in [5, 5.41) is 0.646. The van der Waals surface area contributed by atoms with E-state index in [2.05, 4.69) is 0 Å². The number of thiocarbonyl (C=S) groups is 1. The highest BCUT2D eigenvalue weighted by Gasteiger charge is 2.34. The first-order valence-corrected chi connectivity index (χ1v) is 8.51. The van der Waals surface area contributed by atoms with Gasteiger partial charge in [-0.25, -0.2) is 4.39 Å². The van der Waals surface area contributed by atoms with Gasteiger partial charge in [0.25, 0.3) is 5.91 Å². The average molecular weight is 395 g/mol. The van der Waals surface area contributed by atoms with Gasteiger partial charge >= 0.3 is 0 Å². The number of hydrogen-bond acceptors (Lipinski definition) is 4. The maximum Gasteiger partial charge on any atom is 0.252 e. The van der Waals surface area contributed by atoms with Crippen LogP contribution < -0.4 is 14.4 Å². The molecule has 2 aromatic rings. The van der Waals surface area contributed by atoms with E-state index in [4.69, 9.17) is 33.3 Å². The largest absolute Gasteiger partial charge is 0.493 e. The molecular formula is C18H16ClFN2O3S. The van der Waals surface area contributed by atoms with Crippen molar-refractivity contribution >= 4 is 40.5 Å². The van der Waals surface area contributed by atoms with Crippen molar-refractivity contribution in [3.63, 3.8) is 0 Å². The van der Waals surface area contributed by atoms with Crippen molar-refractivity contribution in [3.8, 4) is 11.5 Å². The van der Waals surface area contributed by atoms with Crippen LogP contribution in [0.1, 0.15) is 5.56 Å². The first-order valence-electron chi connectivity index (χ1n) is 7.72. The molecule has 0 bridgehead atoms. The number of halogens is 2. The molecule has 2 aromatic carbocycles. The molecule has 0 N–H and O–H groups in total. The van der Waals surface area contributed by atoms with E-state index < -0.39 is 5.82 Å². The lowest BCUT2D eigenvalue weighted by molar-refractivity contribution is -0.116. The zero-order valence-corrected chi connectivity index (χ0v) is 15.7. The first kappa shape index (κ1) is 18.4. The number of methoxy groups -OCH3 is 2. The van der Waals surface area contributed by atoms with Crippen molar-refractivity contribution in [2.24, 2.45) is 0 Å². The van der Waals surface area contributed by atoms with Crippen LogP contribution in [0.3, 0.4) is 0 Å². The summed E-state index contributed by atoms with van der Waals surface area (Å²) in [6, 6.07) is 9.29. The number of carbonyl (C=O) groups excluding carboxylic acids is 1. The molecule has 8 heteroatoms. The highest BCUT2D eigenvalue weighted by atomic mass is 35.5. The quantitative estimate of drug-likeness (QED) is 0.724. The fraction of sp³-hybridized carbons (Fsp3) is 0.222. The Bertz CT molecular complexity index is 878. The number of nitrogens with zero attached hydrogens (tertiary/aromatic N) is 2. The molecule has 3 rings (SSSR count). The standard InChI is InChI=1S/C18H16ClFN2O3S/c1-24-15-6-5-13(8-16(15)25-2)22-17(23)10-21(18(22)26)9-11-3-4-12(20)7-14(11)19/h3-8H,9-10H2,1-2H3. The smallest absolute Gasteiger partial charge is 0.252 e. The van der Waals surface area contributed by atoms with E-state index >= 15 is 0 Å². The number of amides is 1. The van der Waals surface area contributed by atoms with Gasteiger partial charge in [0.2, 0.25) is 0 Å². The molecular weight excluding hydrogens is 379 g/mol. The number of carbonyl (C=O) groups is 1. The van der Waals surface area contributed by atoms with Gasteiger partial charge in [0, 0.05) is 17.6 Å². The van der Waals surface area contributed by atoms with E-state index in [9.17, 15) is 9.18 Å². The molecule has 5 nitrogen and oxygen atoms in total. The van der Waals surface area contributed by atoms with Gasteiger partial charge in [-0.3, -0.25) is 9.69 Å². The van der Waals surface area contributed by atoms with E-state index in [1.807, 2.05) is 0 Å². The first-order chi connectivity index (χ1) is 12.4. The highest BCUT2D eigenvalue weighted by molar-refractivity contribution is 7.80. The topological polar surface area (TPSA) is 42.0 Å². The molecule has 1 saturated heterocycles. The average Bonchev–Trinajstić information content (AvgIpc) is 2.90. The third-order valence-corrected chi connectivity index (χ3v) is 4.83. The zero-order valence-electron chi connectivity index (χ0n) is 14.2. The van der Waals surface area contributed by atoms with Gasteiger partial charge in [-0.2, -0.15) is 0 Å². The summed E-state index contributed by atoms with van der Waals surface area (Å²) in [7, 11) is 3.06. The van der Waals surface area contributed by atoms with Crippen molar-refractivity contribution < 1.29 is 18.7 Å². The van der Waals surface area contributed by atoms with Crippen molar-refractivity contribution in [1.29, 1.82) is 0 Å². The SMILES string of the molecule is COc1ccc(N2C(=O)CN(Cc3ccc(F)cc3Cl)C2=S)cc1OC. The minimum atomic E-state index is -0.411. The summed E-state index contributed by atoms with van der Waals surface area (Å²) in [6.07, 6.45) is 0. The van der Waals surface area contributed by atoms with Crippen molar-refractivity contribution in [3.05, 3.63) is 52.8 Å². The number of hydrogen-bond donors (Lipinski definition) is 0. The van der Waals surface area contributed by atoms with Crippen LogP contribution >= 0.6 is 23.8 Å². The van der Waals surface area contributed by atoms with Crippen LogP contribution in [-0.4, -0.2) is 36.7 Å². The molecule has 1 amide bonds. The van der Waals surface area contributed by atoms with Crippen LogP contribution in [0.2, 0.25) is 5.02 Å². The Balaban J connectivity index is 1.85. The normalized spacial score (nSPS) is 14.2. The molecule has 1 aliphatic rings. The molecule has 1 aliphatic heterocycles. The molecule has 0 saturated carbocycles. The van der Waals surface area contributed by atoms with Gasteiger partial charge in [0.1, 0.15) is 12.4 Å². The molecule has 0 radical (unpaired) electrons. The number of ether oxygens (including phenoxy) is 2. The van der Waals surface area contributed by atoms with Gasteiger partial charge in [0.05, 0.1) is 19.9 Å². The maximum absolute atomic E-state index is 13.2. The van der Waals surface area contributed by atoms with Crippen LogP contribution in [0.5, 0.6) is 11.5 Å². The molecule has 0 spiro atoms. The van der Waals surface area contributed by atoms with Gasteiger partial charge in [-0.15, -0.1) is 0 Å². The molecule has 0 aliphatic carbocycles. The van der Waals surface area contributed by atoms with Crippen LogP contribution in [0, 0.1) is 5.82 Å². The van der Waals surface area contributed by atoms with Crippen LogP contribution in [0.4, 0.5) is 10.1 Å². The molecule has 0 unspecified atom stereocenters. The Hall–Kier alpha value is -2.38. The highest BCUT2D eigenvalue weighted by Crippen LogP contribution is 2.33. The van der Waals surface area contributed by atoms with Gasteiger partial charge in [0.15, 0.2) is 16.6 Å². The molecule has 0 aromatic heterocycles. The van der Waals surface area contributed by atoms with Gasteiger partial charge in [-0.1, -0.05) is 17.7 Å². The molecule has 1 heterocycles. The van der Waals surface area contributed by atoms with E-state index in [0.717, 1.165) is 0 Å². The van der Waals surface area contributed by atoms with Crippen LogP contribution in [-0.2, 0) is 11.3 Å². The lowest BCUT2D eigenvalue weighted by atomic mass is 10.2. The van der Waals surface area contributed by atoms with E-state index in [0.29, 0.717) is 39.4 Å². The molecule has 136 valence electrons. The summed E-state index contributed by atoms with van der Waals surface area (Å²) >= 11 is 11.6. The Labute approximate surface area is 160 Å². The summed E-state index contributed by atoms with van der Waals surface area (Å²) < 4.78 is 23.7. The molecule has 0 atom stereocenters. The number of anilines is 1. The predicted molar refractivity (Wildman–Crippen MR) is 101 cm³/mol. The number of rotatable bonds is 5. The zero-order chi connectivity index (χ0) is 18.8. The summed E-state index contributed by atoms with van der Waals surface area (Å²) in [5.41, 5.74) is 1.28. The van der Waals surface area contributed by atoms with E-state index in [-0.39, 0.29) is 12.5 Å². The lowest BCUT2D eigenvalue weighted by Crippen LogP contribution is -2.32. The second-order valence-electron chi connectivity index (χ2n) is 5.64. The maximum atomic E-state index is 13.2. The Kier molecular flexibility index (Phi) is 5.29. The summed E-state index contributed by atoms with van der Waals surface area (Å²) in [5.74, 6) is 0.482.